The van der Waals surface area contributed by atoms with E-state index in [2.05, 4.69) is 26.0 Å². The molecule has 0 spiro atoms. The second kappa shape index (κ2) is 6.99. The number of carbonyl (C=O) groups excluding carboxylic acids is 1. The first-order valence-electron chi connectivity index (χ1n) is 5.25. The molecule has 17 heavy (non-hydrogen) atoms. The number of nitrogens with one attached hydrogen (secondary N) is 1. The van der Waals surface area contributed by atoms with Gasteiger partial charge in [0.1, 0.15) is 4.83 Å². The highest BCUT2D eigenvalue weighted by molar-refractivity contribution is 9.10. The maximum absolute atomic E-state index is 11.2. The number of ether oxygens (including phenoxy) is 1. The Hall–Kier alpha value is -0.580. The van der Waals surface area contributed by atoms with Gasteiger partial charge in [0.05, 0.1) is 7.11 Å². The fourth-order valence-corrected chi connectivity index (χ4v) is 1.86. The Morgan fingerprint density at radius 1 is 1.47 bits per heavy atom. The van der Waals surface area contributed by atoms with Crippen molar-refractivity contribution in [3.8, 4) is 0 Å². The van der Waals surface area contributed by atoms with Gasteiger partial charge in [0, 0.05) is 17.6 Å². The average molecular weight is 321 g/mol. The molecular formula is C12H15BrClNO2. The van der Waals surface area contributed by atoms with Gasteiger partial charge in [-0.1, -0.05) is 39.7 Å². The zero-order valence-corrected chi connectivity index (χ0v) is 12.1. The largest absolute Gasteiger partial charge is 0.468 e. The first-order valence-corrected chi connectivity index (χ1v) is 6.54. The van der Waals surface area contributed by atoms with Crippen molar-refractivity contribution < 1.29 is 9.53 Å². The third-order valence-electron chi connectivity index (χ3n) is 2.43. The predicted octanol–water partition coefficient (Wildman–Crippen LogP) is 2.93. The van der Waals surface area contributed by atoms with Crippen molar-refractivity contribution >= 4 is 33.5 Å². The third-order valence-corrected chi connectivity index (χ3v) is 3.38. The highest BCUT2D eigenvalue weighted by atomic mass is 79.9. The van der Waals surface area contributed by atoms with Gasteiger partial charge >= 0.3 is 5.97 Å². The van der Waals surface area contributed by atoms with Crippen LogP contribution in [0.4, 0.5) is 0 Å². The summed E-state index contributed by atoms with van der Waals surface area (Å²) in [6, 6.07) is 7.77. The number of esters is 1. The molecule has 0 aliphatic carbocycles. The molecule has 0 aliphatic heterocycles. The summed E-state index contributed by atoms with van der Waals surface area (Å²) in [5.41, 5.74) is 1.12. The molecule has 0 amide bonds. The molecule has 0 saturated carbocycles. The van der Waals surface area contributed by atoms with E-state index in [0.717, 1.165) is 5.56 Å². The van der Waals surface area contributed by atoms with Crippen molar-refractivity contribution in [3.05, 3.63) is 34.9 Å². The zero-order valence-electron chi connectivity index (χ0n) is 9.74. The Morgan fingerprint density at radius 2 is 2.06 bits per heavy atom. The summed E-state index contributed by atoms with van der Waals surface area (Å²) < 4.78 is 4.62. The van der Waals surface area contributed by atoms with Crippen LogP contribution in [0.3, 0.4) is 0 Å². The van der Waals surface area contributed by atoms with E-state index in [1.165, 1.54) is 7.11 Å². The number of rotatable bonds is 5. The van der Waals surface area contributed by atoms with Gasteiger partial charge in [-0.3, -0.25) is 4.79 Å². The highest BCUT2D eigenvalue weighted by Crippen LogP contribution is 2.16. The molecule has 2 atom stereocenters. The predicted molar refractivity (Wildman–Crippen MR) is 72.6 cm³/mol. The van der Waals surface area contributed by atoms with Crippen LogP contribution in [0.2, 0.25) is 5.02 Å². The minimum absolute atomic E-state index is 0.150. The van der Waals surface area contributed by atoms with Crippen LogP contribution in [0.5, 0.6) is 0 Å². The molecule has 0 aliphatic rings. The van der Waals surface area contributed by atoms with Crippen molar-refractivity contribution in [1.29, 1.82) is 0 Å². The number of benzene rings is 1. The maximum atomic E-state index is 11.2. The number of carbonyl (C=O) groups is 1. The molecule has 0 bridgehead atoms. The van der Waals surface area contributed by atoms with Crippen LogP contribution < -0.4 is 5.32 Å². The monoisotopic (exact) mass is 319 g/mol. The highest BCUT2D eigenvalue weighted by Gasteiger charge is 2.16. The fraction of sp³-hybridized carbons (Fsp3) is 0.417. The Labute approximate surface area is 115 Å². The summed E-state index contributed by atoms with van der Waals surface area (Å²) in [5, 5.41) is 3.96. The van der Waals surface area contributed by atoms with Crippen LogP contribution in [0.25, 0.3) is 0 Å². The van der Waals surface area contributed by atoms with Crippen molar-refractivity contribution in [2.45, 2.75) is 17.8 Å². The maximum Gasteiger partial charge on any atom is 0.320 e. The number of alkyl halides is 1. The van der Waals surface area contributed by atoms with E-state index in [4.69, 9.17) is 11.6 Å². The molecule has 1 N–H and O–H groups in total. The van der Waals surface area contributed by atoms with Gasteiger partial charge < -0.3 is 10.1 Å². The Kier molecular flexibility index (Phi) is 5.95. The van der Waals surface area contributed by atoms with E-state index in [1.54, 1.807) is 0 Å². The van der Waals surface area contributed by atoms with Gasteiger partial charge in [-0.2, -0.15) is 0 Å². The van der Waals surface area contributed by atoms with E-state index in [9.17, 15) is 4.79 Å². The Bertz CT molecular complexity index is 369. The molecule has 3 nitrogen and oxygen atoms in total. The smallest absolute Gasteiger partial charge is 0.320 e. The van der Waals surface area contributed by atoms with Crippen molar-refractivity contribution in [1.82, 2.24) is 5.32 Å². The molecule has 0 radical (unpaired) electrons. The standard InChI is InChI=1S/C12H15BrClNO2/c1-8(9-3-5-10(14)6-4-9)15-7-11(13)12(16)17-2/h3-6,8,11,15H,7H2,1-2H3/t8-,11?/m0/s1. The van der Waals surface area contributed by atoms with Gasteiger partial charge in [0.2, 0.25) is 0 Å². The second-order valence-electron chi connectivity index (χ2n) is 3.67. The summed E-state index contributed by atoms with van der Waals surface area (Å²) in [4.78, 5) is 10.8. The normalized spacial score (nSPS) is 14.1. The number of hydrogen-bond acceptors (Lipinski definition) is 3. The van der Waals surface area contributed by atoms with E-state index >= 15 is 0 Å². The molecule has 5 heteroatoms. The minimum atomic E-state index is -0.331. The lowest BCUT2D eigenvalue weighted by atomic mass is 10.1. The summed E-state index contributed by atoms with van der Waals surface area (Å²) in [7, 11) is 1.37. The van der Waals surface area contributed by atoms with Gasteiger partial charge in [-0.25, -0.2) is 0 Å². The van der Waals surface area contributed by atoms with Gasteiger partial charge in [-0.05, 0) is 24.6 Å². The summed E-state index contributed by atoms with van der Waals surface area (Å²) in [6.07, 6.45) is 0. The number of halogens is 2. The molecular weight excluding hydrogens is 305 g/mol. The number of methoxy groups -OCH3 is 1. The molecule has 1 rings (SSSR count). The van der Waals surface area contributed by atoms with Gasteiger partial charge in [-0.15, -0.1) is 0 Å². The van der Waals surface area contributed by atoms with E-state index in [0.29, 0.717) is 11.6 Å². The summed E-state index contributed by atoms with van der Waals surface area (Å²) >= 11 is 9.07. The lowest BCUT2D eigenvalue weighted by molar-refractivity contribution is -0.139. The fourth-order valence-electron chi connectivity index (χ4n) is 1.36. The van der Waals surface area contributed by atoms with Crippen LogP contribution in [-0.2, 0) is 9.53 Å². The van der Waals surface area contributed by atoms with Crippen LogP contribution in [0.15, 0.2) is 24.3 Å². The second-order valence-corrected chi connectivity index (χ2v) is 5.21. The first-order chi connectivity index (χ1) is 8.04. The van der Waals surface area contributed by atoms with E-state index in [-0.39, 0.29) is 16.8 Å². The summed E-state index contributed by atoms with van der Waals surface area (Å²) in [5.74, 6) is -0.277. The molecule has 1 unspecified atom stereocenters. The number of hydrogen-bond donors (Lipinski definition) is 1. The van der Waals surface area contributed by atoms with Crippen molar-refractivity contribution in [3.63, 3.8) is 0 Å². The summed E-state index contributed by atoms with van der Waals surface area (Å²) in [6.45, 7) is 2.54. The van der Waals surface area contributed by atoms with Crippen LogP contribution in [0, 0.1) is 0 Å². The van der Waals surface area contributed by atoms with E-state index in [1.807, 2.05) is 31.2 Å². The lowest BCUT2D eigenvalue weighted by Crippen LogP contribution is -2.31. The average Bonchev–Trinajstić information content (AvgIpc) is 2.35. The molecule has 0 saturated heterocycles. The van der Waals surface area contributed by atoms with Gasteiger partial charge in [0.15, 0.2) is 0 Å². The van der Waals surface area contributed by atoms with E-state index < -0.39 is 0 Å². The van der Waals surface area contributed by atoms with Gasteiger partial charge in [0.25, 0.3) is 0 Å². The van der Waals surface area contributed by atoms with Crippen LogP contribution in [-0.4, -0.2) is 24.5 Å². The minimum Gasteiger partial charge on any atom is -0.468 e. The Balaban J connectivity index is 2.47. The topological polar surface area (TPSA) is 38.3 Å². The first kappa shape index (κ1) is 14.5. The van der Waals surface area contributed by atoms with Crippen LogP contribution in [0.1, 0.15) is 18.5 Å². The third kappa shape index (κ3) is 4.66. The Morgan fingerprint density at radius 3 is 2.59 bits per heavy atom. The quantitative estimate of drug-likeness (QED) is 0.669. The zero-order chi connectivity index (χ0) is 12.8. The molecule has 94 valence electrons. The molecule has 1 aromatic carbocycles. The van der Waals surface area contributed by atoms with Crippen molar-refractivity contribution in [2.75, 3.05) is 13.7 Å². The lowest BCUT2D eigenvalue weighted by Gasteiger charge is -2.16. The molecule has 0 fully saturated rings. The van der Waals surface area contributed by atoms with Crippen LogP contribution >= 0.6 is 27.5 Å². The van der Waals surface area contributed by atoms with Crippen molar-refractivity contribution in [2.24, 2.45) is 0 Å². The molecule has 0 heterocycles. The molecule has 0 aromatic heterocycles. The molecule has 1 aromatic rings. The SMILES string of the molecule is COC(=O)C(Br)CN[C@@H](C)c1ccc(Cl)cc1.